The highest BCUT2D eigenvalue weighted by Gasteiger charge is 2.23. The molecule has 1 amide bonds. The zero-order chi connectivity index (χ0) is 15.9. The van der Waals surface area contributed by atoms with Crippen LogP contribution >= 0.6 is 0 Å². The molecule has 0 saturated heterocycles. The molecule has 120 valence electrons. The number of para-hydroxylation sites is 1. The molecule has 6 heteroatoms. The van der Waals surface area contributed by atoms with Crippen molar-refractivity contribution in [2.45, 2.75) is 44.4 Å². The van der Waals surface area contributed by atoms with Crippen molar-refractivity contribution in [3.05, 3.63) is 35.9 Å². The van der Waals surface area contributed by atoms with E-state index in [1.165, 1.54) is 18.2 Å². The van der Waals surface area contributed by atoms with Gasteiger partial charge in [-0.3, -0.25) is 4.79 Å². The molecular formula is C16H19F2NO3. The number of nitrogens with one attached hydrogen (secondary N) is 1. The average Bonchev–Trinajstić information content (AvgIpc) is 2.48. The van der Waals surface area contributed by atoms with Crippen molar-refractivity contribution in [1.29, 1.82) is 0 Å². The molecular weight excluding hydrogens is 292 g/mol. The summed E-state index contributed by atoms with van der Waals surface area (Å²) < 4.78 is 29.0. The third-order valence-electron chi connectivity index (χ3n) is 3.61. The lowest BCUT2D eigenvalue weighted by molar-refractivity contribution is -0.118. The van der Waals surface area contributed by atoms with Crippen LogP contribution in [0.25, 0.3) is 6.08 Å². The van der Waals surface area contributed by atoms with Crippen LogP contribution in [0.4, 0.5) is 8.78 Å². The number of ether oxygens (including phenoxy) is 1. The van der Waals surface area contributed by atoms with Gasteiger partial charge in [0.1, 0.15) is 5.75 Å². The molecule has 0 spiro atoms. The molecule has 0 heterocycles. The number of carbonyl (C=O) groups is 1. The number of hydrogen-bond acceptors (Lipinski definition) is 3. The third kappa shape index (κ3) is 4.80. The summed E-state index contributed by atoms with van der Waals surface area (Å²) in [5, 5.41) is 12.5. The highest BCUT2D eigenvalue weighted by atomic mass is 19.3. The summed E-state index contributed by atoms with van der Waals surface area (Å²) in [6.45, 7) is -2.92. The molecule has 0 aromatic heterocycles. The fraction of sp³-hybridized carbons (Fsp3) is 0.438. The average molecular weight is 311 g/mol. The summed E-state index contributed by atoms with van der Waals surface area (Å²) in [7, 11) is 0. The molecule has 1 saturated carbocycles. The lowest BCUT2D eigenvalue weighted by atomic mass is 9.92. The number of amides is 1. The van der Waals surface area contributed by atoms with E-state index in [-0.39, 0.29) is 17.7 Å². The van der Waals surface area contributed by atoms with Gasteiger partial charge in [-0.1, -0.05) is 31.0 Å². The second-order valence-electron chi connectivity index (χ2n) is 5.22. The van der Waals surface area contributed by atoms with Crippen molar-refractivity contribution >= 4 is 12.0 Å². The van der Waals surface area contributed by atoms with Gasteiger partial charge in [0, 0.05) is 11.6 Å². The van der Waals surface area contributed by atoms with Crippen molar-refractivity contribution in [3.63, 3.8) is 0 Å². The third-order valence-corrected chi connectivity index (χ3v) is 3.61. The number of halogens is 2. The fourth-order valence-electron chi connectivity index (χ4n) is 2.50. The van der Waals surface area contributed by atoms with Crippen LogP contribution in [0.2, 0.25) is 0 Å². The van der Waals surface area contributed by atoms with Gasteiger partial charge in [-0.25, -0.2) is 0 Å². The quantitative estimate of drug-likeness (QED) is 0.822. The Morgan fingerprint density at radius 2 is 2.05 bits per heavy atom. The van der Waals surface area contributed by atoms with Crippen LogP contribution in [0, 0.1) is 0 Å². The number of rotatable bonds is 5. The van der Waals surface area contributed by atoms with Gasteiger partial charge in [0.25, 0.3) is 0 Å². The van der Waals surface area contributed by atoms with E-state index in [1.54, 1.807) is 18.2 Å². The number of aliphatic hydroxyl groups excluding tert-OH is 1. The fourth-order valence-corrected chi connectivity index (χ4v) is 2.50. The van der Waals surface area contributed by atoms with Crippen LogP contribution in [-0.2, 0) is 4.79 Å². The van der Waals surface area contributed by atoms with Gasteiger partial charge >= 0.3 is 6.61 Å². The van der Waals surface area contributed by atoms with Crippen LogP contribution < -0.4 is 10.1 Å². The van der Waals surface area contributed by atoms with Crippen LogP contribution in [0.3, 0.4) is 0 Å². The minimum absolute atomic E-state index is 0.0132. The summed E-state index contributed by atoms with van der Waals surface area (Å²) in [5.74, 6) is -0.350. The standard InChI is InChI=1S/C16H19F2NO3/c17-16(18)22-14-8-4-1-5-11(14)9-10-15(21)19-12-6-2-3-7-13(12)20/h1,4-5,8-10,12-13,16,20H,2-3,6-7H2,(H,19,21)/b10-9+. The van der Waals surface area contributed by atoms with Gasteiger partial charge in [0.2, 0.25) is 5.91 Å². The SMILES string of the molecule is O=C(/C=C/c1ccccc1OC(F)F)NC1CCCCC1O. The van der Waals surface area contributed by atoms with E-state index in [2.05, 4.69) is 10.1 Å². The highest BCUT2D eigenvalue weighted by molar-refractivity contribution is 5.92. The minimum Gasteiger partial charge on any atom is -0.434 e. The summed E-state index contributed by atoms with van der Waals surface area (Å²) in [6, 6.07) is 5.98. The number of benzene rings is 1. The summed E-state index contributed by atoms with van der Waals surface area (Å²) in [6.07, 6.45) is 5.50. The molecule has 0 bridgehead atoms. The molecule has 2 rings (SSSR count). The van der Waals surface area contributed by atoms with E-state index < -0.39 is 12.7 Å². The lowest BCUT2D eigenvalue weighted by Crippen LogP contribution is -2.44. The Labute approximate surface area is 127 Å². The van der Waals surface area contributed by atoms with Gasteiger partial charge in [-0.2, -0.15) is 8.78 Å². The van der Waals surface area contributed by atoms with E-state index in [9.17, 15) is 18.7 Å². The van der Waals surface area contributed by atoms with Crippen molar-refractivity contribution in [2.24, 2.45) is 0 Å². The van der Waals surface area contributed by atoms with Crippen LogP contribution in [-0.4, -0.2) is 29.8 Å². The van der Waals surface area contributed by atoms with Gasteiger partial charge in [-0.15, -0.1) is 0 Å². The Morgan fingerprint density at radius 3 is 2.77 bits per heavy atom. The summed E-state index contributed by atoms with van der Waals surface area (Å²) in [5.41, 5.74) is 0.391. The van der Waals surface area contributed by atoms with E-state index >= 15 is 0 Å². The Bertz CT molecular complexity index is 534. The van der Waals surface area contributed by atoms with Crippen molar-refractivity contribution in [1.82, 2.24) is 5.32 Å². The van der Waals surface area contributed by atoms with Gasteiger partial charge < -0.3 is 15.2 Å². The van der Waals surface area contributed by atoms with E-state index in [0.29, 0.717) is 12.0 Å². The van der Waals surface area contributed by atoms with Crippen LogP contribution in [0.5, 0.6) is 5.75 Å². The zero-order valence-corrected chi connectivity index (χ0v) is 12.0. The first kappa shape index (κ1) is 16.4. The van der Waals surface area contributed by atoms with Gasteiger partial charge in [0.05, 0.1) is 12.1 Å². The highest BCUT2D eigenvalue weighted by Crippen LogP contribution is 2.22. The number of hydrogen-bond donors (Lipinski definition) is 2. The van der Waals surface area contributed by atoms with Crippen LogP contribution in [0.15, 0.2) is 30.3 Å². The smallest absolute Gasteiger partial charge is 0.387 e. The first-order chi connectivity index (χ1) is 10.6. The normalized spacial score (nSPS) is 22.0. The second kappa shape index (κ2) is 7.89. The maximum Gasteiger partial charge on any atom is 0.387 e. The Kier molecular flexibility index (Phi) is 5.89. The molecule has 0 radical (unpaired) electrons. The molecule has 2 atom stereocenters. The summed E-state index contributed by atoms with van der Waals surface area (Å²) in [4.78, 5) is 11.9. The monoisotopic (exact) mass is 311 g/mol. The molecule has 1 fully saturated rings. The van der Waals surface area contributed by atoms with E-state index in [4.69, 9.17) is 0 Å². The Morgan fingerprint density at radius 1 is 1.32 bits per heavy atom. The molecule has 4 nitrogen and oxygen atoms in total. The largest absolute Gasteiger partial charge is 0.434 e. The topological polar surface area (TPSA) is 58.6 Å². The van der Waals surface area contributed by atoms with Gasteiger partial charge in [0.15, 0.2) is 0 Å². The summed E-state index contributed by atoms with van der Waals surface area (Å²) >= 11 is 0. The maximum absolute atomic E-state index is 12.3. The molecule has 2 unspecified atom stereocenters. The van der Waals surface area contributed by atoms with Crippen molar-refractivity contribution in [2.75, 3.05) is 0 Å². The molecule has 1 aromatic carbocycles. The predicted octanol–water partition coefficient (Wildman–Crippen LogP) is 2.72. The molecule has 1 aromatic rings. The molecule has 0 aliphatic heterocycles. The minimum atomic E-state index is -2.92. The van der Waals surface area contributed by atoms with Gasteiger partial charge in [-0.05, 0) is 25.0 Å². The zero-order valence-electron chi connectivity index (χ0n) is 12.0. The van der Waals surface area contributed by atoms with E-state index in [0.717, 1.165) is 19.3 Å². The Balaban J connectivity index is 1.97. The number of alkyl halides is 2. The number of aliphatic hydroxyl groups is 1. The first-order valence-electron chi connectivity index (χ1n) is 7.27. The van der Waals surface area contributed by atoms with E-state index in [1.807, 2.05) is 0 Å². The molecule has 2 N–H and O–H groups in total. The molecule has 22 heavy (non-hydrogen) atoms. The Hall–Kier alpha value is -1.95. The lowest BCUT2D eigenvalue weighted by Gasteiger charge is -2.27. The maximum atomic E-state index is 12.3. The number of carbonyl (C=O) groups excluding carboxylic acids is 1. The van der Waals surface area contributed by atoms with Crippen molar-refractivity contribution < 1.29 is 23.4 Å². The predicted molar refractivity (Wildman–Crippen MR) is 78.5 cm³/mol. The first-order valence-corrected chi connectivity index (χ1v) is 7.27. The molecule has 1 aliphatic rings. The molecule has 1 aliphatic carbocycles. The van der Waals surface area contributed by atoms with Crippen molar-refractivity contribution in [3.8, 4) is 5.75 Å². The second-order valence-corrected chi connectivity index (χ2v) is 5.22. The van der Waals surface area contributed by atoms with Crippen LogP contribution in [0.1, 0.15) is 31.2 Å².